The lowest BCUT2D eigenvalue weighted by atomic mass is 10.1. The van der Waals surface area contributed by atoms with Crippen LogP contribution in [0.3, 0.4) is 0 Å². The largest absolute Gasteiger partial charge is 0.450 e. The number of aryl methyl sites for hydroxylation is 1. The van der Waals surface area contributed by atoms with Crippen molar-refractivity contribution in [3.63, 3.8) is 0 Å². The Balaban J connectivity index is 1.85. The highest BCUT2D eigenvalue weighted by atomic mass is 16.6. The SMILES string of the molecule is CCOC(=O)N1CCN(C(=O)C(=O)Nc2ccc(CC)cc2)CC1. The van der Waals surface area contributed by atoms with Gasteiger partial charge in [0.15, 0.2) is 0 Å². The molecule has 0 radical (unpaired) electrons. The molecule has 0 atom stereocenters. The summed E-state index contributed by atoms with van der Waals surface area (Å²) in [5.41, 5.74) is 1.75. The Morgan fingerprint density at radius 3 is 2.12 bits per heavy atom. The van der Waals surface area contributed by atoms with Crippen molar-refractivity contribution in [1.29, 1.82) is 0 Å². The average Bonchev–Trinajstić information content (AvgIpc) is 2.62. The summed E-state index contributed by atoms with van der Waals surface area (Å²) < 4.78 is 4.93. The first-order valence-corrected chi connectivity index (χ1v) is 8.16. The van der Waals surface area contributed by atoms with Gasteiger partial charge in [-0.1, -0.05) is 19.1 Å². The van der Waals surface area contributed by atoms with E-state index in [2.05, 4.69) is 5.32 Å². The standard InChI is InChI=1S/C17H23N3O4/c1-3-13-5-7-14(8-6-13)18-15(21)16(22)19-9-11-20(12-10-19)17(23)24-4-2/h5-8H,3-4,9-12H2,1-2H3,(H,18,21). The highest BCUT2D eigenvalue weighted by Crippen LogP contribution is 2.11. The van der Waals surface area contributed by atoms with Crippen molar-refractivity contribution >= 4 is 23.6 Å². The molecular weight excluding hydrogens is 310 g/mol. The second-order valence-corrected chi connectivity index (χ2v) is 5.48. The van der Waals surface area contributed by atoms with Gasteiger partial charge in [0.1, 0.15) is 0 Å². The molecule has 1 aliphatic rings. The van der Waals surface area contributed by atoms with E-state index in [0.29, 0.717) is 38.5 Å². The second-order valence-electron chi connectivity index (χ2n) is 5.48. The molecule has 1 aromatic rings. The Kier molecular flexibility index (Phi) is 6.17. The van der Waals surface area contributed by atoms with Gasteiger partial charge in [0.05, 0.1) is 6.61 Å². The molecule has 7 nitrogen and oxygen atoms in total. The fourth-order valence-corrected chi connectivity index (χ4v) is 2.46. The molecule has 1 saturated heterocycles. The van der Waals surface area contributed by atoms with Crippen molar-refractivity contribution in [2.75, 3.05) is 38.1 Å². The van der Waals surface area contributed by atoms with Gasteiger partial charge in [-0.2, -0.15) is 0 Å². The Bertz CT molecular complexity index is 592. The maximum absolute atomic E-state index is 12.2. The molecule has 130 valence electrons. The van der Waals surface area contributed by atoms with Crippen molar-refractivity contribution in [2.45, 2.75) is 20.3 Å². The average molecular weight is 333 g/mol. The molecular formula is C17H23N3O4. The number of piperazine rings is 1. The van der Waals surface area contributed by atoms with E-state index in [0.717, 1.165) is 12.0 Å². The van der Waals surface area contributed by atoms with Gasteiger partial charge < -0.3 is 19.9 Å². The minimum absolute atomic E-state index is 0.317. The van der Waals surface area contributed by atoms with Gasteiger partial charge in [0.2, 0.25) is 0 Å². The van der Waals surface area contributed by atoms with Gasteiger partial charge in [0.25, 0.3) is 0 Å². The van der Waals surface area contributed by atoms with Gasteiger partial charge in [0, 0.05) is 31.9 Å². The first-order chi connectivity index (χ1) is 11.5. The molecule has 24 heavy (non-hydrogen) atoms. The molecule has 1 N–H and O–H groups in total. The Morgan fingerprint density at radius 1 is 1.00 bits per heavy atom. The molecule has 0 bridgehead atoms. The van der Waals surface area contributed by atoms with Crippen LogP contribution in [0.2, 0.25) is 0 Å². The zero-order valence-corrected chi connectivity index (χ0v) is 14.1. The van der Waals surface area contributed by atoms with Crippen LogP contribution in [-0.2, 0) is 20.7 Å². The summed E-state index contributed by atoms with van der Waals surface area (Å²) >= 11 is 0. The van der Waals surface area contributed by atoms with Crippen LogP contribution >= 0.6 is 0 Å². The van der Waals surface area contributed by atoms with Gasteiger partial charge in [-0.3, -0.25) is 9.59 Å². The van der Waals surface area contributed by atoms with E-state index in [1.54, 1.807) is 19.1 Å². The van der Waals surface area contributed by atoms with Crippen molar-refractivity contribution in [1.82, 2.24) is 9.80 Å². The number of ether oxygens (including phenoxy) is 1. The number of amides is 3. The van der Waals surface area contributed by atoms with Gasteiger partial charge >= 0.3 is 17.9 Å². The molecule has 0 aliphatic carbocycles. The molecule has 1 aromatic carbocycles. The van der Waals surface area contributed by atoms with E-state index in [-0.39, 0.29) is 6.09 Å². The minimum atomic E-state index is -0.663. The minimum Gasteiger partial charge on any atom is -0.450 e. The van der Waals surface area contributed by atoms with Gasteiger partial charge in [-0.25, -0.2) is 4.79 Å². The maximum atomic E-state index is 12.2. The van der Waals surface area contributed by atoms with Crippen LogP contribution in [0.4, 0.5) is 10.5 Å². The molecule has 0 saturated carbocycles. The zero-order chi connectivity index (χ0) is 17.5. The Hall–Kier alpha value is -2.57. The molecule has 1 heterocycles. The third-order valence-corrected chi connectivity index (χ3v) is 3.91. The molecule has 0 aromatic heterocycles. The summed E-state index contributed by atoms with van der Waals surface area (Å²) in [6.45, 7) is 5.48. The quantitative estimate of drug-likeness (QED) is 0.850. The number of hydrogen-bond acceptors (Lipinski definition) is 4. The lowest BCUT2D eigenvalue weighted by Gasteiger charge is -2.33. The topological polar surface area (TPSA) is 79.0 Å². The number of anilines is 1. The summed E-state index contributed by atoms with van der Waals surface area (Å²) in [6, 6.07) is 7.39. The van der Waals surface area contributed by atoms with E-state index in [1.807, 2.05) is 19.1 Å². The van der Waals surface area contributed by atoms with Crippen LogP contribution in [0.15, 0.2) is 24.3 Å². The normalized spacial score (nSPS) is 14.2. The number of carbonyl (C=O) groups excluding carboxylic acids is 3. The predicted octanol–water partition coefficient (Wildman–Crippen LogP) is 1.49. The zero-order valence-electron chi connectivity index (χ0n) is 14.1. The number of hydrogen-bond donors (Lipinski definition) is 1. The van der Waals surface area contributed by atoms with Crippen LogP contribution in [0, 0.1) is 0 Å². The van der Waals surface area contributed by atoms with Gasteiger partial charge in [-0.05, 0) is 31.0 Å². The van der Waals surface area contributed by atoms with Crippen molar-refractivity contribution in [2.24, 2.45) is 0 Å². The number of benzene rings is 1. The van der Waals surface area contributed by atoms with Crippen molar-refractivity contribution < 1.29 is 19.1 Å². The van der Waals surface area contributed by atoms with Crippen LogP contribution in [0.1, 0.15) is 19.4 Å². The third-order valence-electron chi connectivity index (χ3n) is 3.91. The lowest BCUT2D eigenvalue weighted by molar-refractivity contribution is -0.144. The van der Waals surface area contributed by atoms with E-state index in [1.165, 1.54) is 9.80 Å². The van der Waals surface area contributed by atoms with Crippen LogP contribution in [-0.4, -0.2) is 60.5 Å². The first kappa shape index (κ1) is 17.8. The van der Waals surface area contributed by atoms with Crippen molar-refractivity contribution in [3.8, 4) is 0 Å². The summed E-state index contributed by atoms with van der Waals surface area (Å²) in [7, 11) is 0. The number of rotatable bonds is 3. The maximum Gasteiger partial charge on any atom is 0.409 e. The first-order valence-electron chi connectivity index (χ1n) is 8.16. The van der Waals surface area contributed by atoms with E-state index in [9.17, 15) is 14.4 Å². The monoisotopic (exact) mass is 333 g/mol. The fraction of sp³-hybridized carbons (Fsp3) is 0.471. The van der Waals surface area contributed by atoms with E-state index >= 15 is 0 Å². The summed E-state index contributed by atoms with van der Waals surface area (Å²) in [5, 5.41) is 2.61. The molecule has 3 amide bonds. The number of nitrogens with one attached hydrogen (secondary N) is 1. The number of nitrogens with zero attached hydrogens (tertiary/aromatic N) is 2. The molecule has 0 spiro atoms. The molecule has 7 heteroatoms. The molecule has 2 rings (SSSR count). The van der Waals surface area contributed by atoms with Crippen LogP contribution < -0.4 is 5.32 Å². The number of carbonyl (C=O) groups is 3. The fourth-order valence-electron chi connectivity index (χ4n) is 2.46. The molecule has 1 fully saturated rings. The third kappa shape index (κ3) is 4.47. The van der Waals surface area contributed by atoms with Crippen LogP contribution in [0.5, 0.6) is 0 Å². The highest BCUT2D eigenvalue weighted by Gasteiger charge is 2.28. The Morgan fingerprint density at radius 2 is 1.58 bits per heavy atom. The summed E-state index contributed by atoms with van der Waals surface area (Å²) in [5.74, 6) is -1.25. The van der Waals surface area contributed by atoms with Crippen LogP contribution in [0.25, 0.3) is 0 Å². The lowest BCUT2D eigenvalue weighted by Crippen LogP contribution is -2.53. The van der Waals surface area contributed by atoms with Gasteiger partial charge in [-0.15, -0.1) is 0 Å². The summed E-state index contributed by atoms with van der Waals surface area (Å²) in [4.78, 5) is 38.9. The van der Waals surface area contributed by atoms with E-state index < -0.39 is 11.8 Å². The summed E-state index contributed by atoms with van der Waals surface area (Å²) in [6.07, 6.45) is 0.530. The Labute approximate surface area is 141 Å². The molecule has 0 unspecified atom stereocenters. The molecule has 1 aliphatic heterocycles. The smallest absolute Gasteiger partial charge is 0.409 e. The predicted molar refractivity (Wildman–Crippen MR) is 89.6 cm³/mol. The van der Waals surface area contributed by atoms with E-state index in [4.69, 9.17) is 4.74 Å². The van der Waals surface area contributed by atoms with Crippen molar-refractivity contribution in [3.05, 3.63) is 29.8 Å². The highest BCUT2D eigenvalue weighted by molar-refractivity contribution is 6.39. The second kappa shape index (κ2) is 8.33.